The van der Waals surface area contributed by atoms with Crippen LogP contribution in [0, 0.1) is 11.3 Å². The number of hydrogen-bond acceptors (Lipinski definition) is 4. The van der Waals surface area contributed by atoms with Crippen molar-refractivity contribution in [2.75, 3.05) is 18.9 Å². The molecule has 1 N–H and O–H groups in total. The van der Waals surface area contributed by atoms with Gasteiger partial charge in [0, 0.05) is 31.3 Å². The average Bonchev–Trinajstić information content (AvgIpc) is 2.66. The van der Waals surface area contributed by atoms with Crippen LogP contribution in [0.3, 0.4) is 0 Å². The molecule has 9 heteroatoms. The van der Waals surface area contributed by atoms with Gasteiger partial charge in [-0.3, -0.25) is 4.79 Å². The molecule has 0 saturated heterocycles. The lowest BCUT2D eigenvalue weighted by Crippen LogP contribution is -2.28. The second-order valence-electron chi connectivity index (χ2n) is 4.47. The maximum absolute atomic E-state index is 12.4. The van der Waals surface area contributed by atoms with Crippen molar-refractivity contribution in [1.82, 2.24) is 4.31 Å². The fourth-order valence-corrected chi connectivity index (χ4v) is 3.49. The van der Waals surface area contributed by atoms with E-state index in [1.165, 1.54) is 25.2 Å². The summed E-state index contributed by atoms with van der Waals surface area (Å²) in [6.45, 7) is 0.0694. The van der Waals surface area contributed by atoms with E-state index >= 15 is 0 Å². The topological polar surface area (TPSA) is 90.3 Å². The third-order valence-electron chi connectivity index (χ3n) is 3.11. The van der Waals surface area contributed by atoms with Gasteiger partial charge < -0.3 is 5.32 Å². The number of nitrogens with zero attached hydrogens (tertiary/aromatic N) is 2. The van der Waals surface area contributed by atoms with Crippen LogP contribution in [0.1, 0.15) is 12.0 Å². The zero-order valence-electron chi connectivity index (χ0n) is 10.9. The number of carbonyl (C=O) groups is 1. The van der Waals surface area contributed by atoms with Gasteiger partial charge in [-0.2, -0.15) is 9.57 Å². The number of carbonyl (C=O) groups excluding carboxylic acids is 1. The molecule has 0 radical (unpaired) electrons. The molecule has 6 nitrogen and oxygen atoms in total. The Morgan fingerprint density at radius 2 is 2.10 bits per heavy atom. The van der Waals surface area contributed by atoms with E-state index in [4.69, 9.17) is 28.5 Å². The molecule has 0 saturated carbocycles. The van der Waals surface area contributed by atoms with Crippen LogP contribution in [-0.2, 0) is 19.2 Å². The van der Waals surface area contributed by atoms with Crippen LogP contribution >= 0.6 is 23.2 Å². The van der Waals surface area contributed by atoms with E-state index in [1.54, 1.807) is 0 Å². The summed E-state index contributed by atoms with van der Waals surface area (Å²) in [5.74, 6) is -0.617. The van der Waals surface area contributed by atoms with E-state index in [1.807, 2.05) is 6.07 Å². The molecular weight excluding hydrogens is 337 g/mol. The number of nitriles is 1. The van der Waals surface area contributed by atoms with Gasteiger partial charge in [0.05, 0.1) is 11.0 Å². The second kappa shape index (κ2) is 5.46. The molecule has 1 aliphatic heterocycles. The zero-order valence-corrected chi connectivity index (χ0v) is 13.3. The molecule has 0 aromatic heterocycles. The van der Waals surface area contributed by atoms with Gasteiger partial charge in [-0.05, 0) is 18.2 Å². The van der Waals surface area contributed by atoms with E-state index in [9.17, 15) is 13.2 Å². The number of halogens is 2. The predicted molar refractivity (Wildman–Crippen MR) is 78.5 cm³/mol. The van der Waals surface area contributed by atoms with Crippen molar-refractivity contribution in [3.63, 3.8) is 0 Å². The van der Waals surface area contributed by atoms with Gasteiger partial charge >= 0.3 is 0 Å². The number of sulfonamides is 1. The molecule has 0 spiro atoms. The van der Waals surface area contributed by atoms with Crippen molar-refractivity contribution < 1.29 is 13.2 Å². The minimum atomic E-state index is -3.77. The molecule has 1 aliphatic rings. The maximum atomic E-state index is 12.4. The number of benzene rings is 1. The monoisotopic (exact) mass is 347 g/mol. The third kappa shape index (κ3) is 2.72. The number of nitrogens with one attached hydrogen (secondary N) is 1. The number of alkyl halides is 2. The molecule has 1 heterocycles. The summed E-state index contributed by atoms with van der Waals surface area (Å²) in [5, 5.41) is 11.0. The summed E-state index contributed by atoms with van der Waals surface area (Å²) in [4.78, 5) is 11.6. The fourth-order valence-electron chi connectivity index (χ4n) is 1.88. The first-order valence-electron chi connectivity index (χ1n) is 5.88. The molecule has 112 valence electrons. The highest BCUT2D eigenvalue weighted by atomic mass is 35.5. The first-order valence-corrected chi connectivity index (χ1v) is 8.08. The Morgan fingerprint density at radius 3 is 2.71 bits per heavy atom. The van der Waals surface area contributed by atoms with Gasteiger partial charge in [0.15, 0.2) is 0 Å². The van der Waals surface area contributed by atoms with Crippen molar-refractivity contribution in [3.8, 4) is 6.07 Å². The first kappa shape index (κ1) is 16.0. The highest BCUT2D eigenvalue weighted by molar-refractivity contribution is 7.89. The van der Waals surface area contributed by atoms with Crippen molar-refractivity contribution >= 4 is 44.8 Å². The van der Waals surface area contributed by atoms with E-state index in [0.717, 1.165) is 4.31 Å². The number of hydrogen-bond donors (Lipinski definition) is 1. The van der Waals surface area contributed by atoms with Gasteiger partial charge in [0.2, 0.25) is 14.4 Å². The minimum Gasteiger partial charge on any atom is -0.323 e. The Morgan fingerprint density at radius 1 is 1.43 bits per heavy atom. The van der Waals surface area contributed by atoms with E-state index in [0.29, 0.717) is 5.69 Å². The Bertz CT molecular complexity index is 741. The Balaban J connectivity index is 2.43. The molecule has 0 atom stereocenters. The van der Waals surface area contributed by atoms with Crippen LogP contribution in [0.25, 0.3) is 0 Å². The van der Waals surface area contributed by atoms with E-state index < -0.39 is 20.3 Å². The summed E-state index contributed by atoms with van der Waals surface area (Å²) < 4.78 is 24.0. The zero-order chi connectivity index (χ0) is 15.8. The molecule has 1 aromatic rings. The van der Waals surface area contributed by atoms with Crippen LogP contribution in [0.5, 0.6) is 0 Å². The van der Waals surface area contributed by atoms with Crippen molar-refractivity contribution in [3.05, 3.63) is 23.8 Å². The van der Waals surface area contributed by atoms with E-state index in [-0.39, 0.29) is 23.4 Å². The molecule has 0 bridgehead atoms. The number of rotatable bonds is 4. The highest BCUT2D eigenvalue weighted by Gasteiger charge is 2.44. The maximum Gasteiger partial charge on any atom is 0.265 e. The molecule has 0 aliphatic carbocycles. The van der Waals surface area contributed by atoms with Gasteiger partial charge in [-0.25, -0.2) is 8.42 Å². The standard InChI is InChI=1S/C12H11Cl2N3O3S/c1-17(6-2-5-15)21(19,20)8-3-4-10-9(7-8)12(13,14)11(18)16-10/h3-4,7H,2,6H2,1H3,(H,16,18). The van der Waals surface area contributed by atoms with Gasteiger partial charge in [0.25, 0.3) is 5.91 Å². The molecule has 21 heavy (non-hydrogen) atoms. The van der Waals surface area contributed by atoms with Crippen molar-refractivity contribution in [2.45, 2.75) is 15.6 Å². The van der Waals surface area contributed by atoms with Crippen molar-refractivity contribution in [2.24, 2.45) is 0 Å². The average molecular weight is 348 g/mol. The second-order valence-corrected chi connectivity index (χ2v) is 7.84. The number of anilines is 1. The first-order chi connectivity index (χ1) is 9.71. The summed E-state index contributed by atoms with van der Waals surface area (Å²) in [6, 6.07) is 5.94. The van der Waals surface area contributed by atoms with Gasteiger partial charge in [0.1, 0.15) is 0 Å². The highest BCUT2D eigenvalue weighted by Crippen LogP contribution is 2.45. The van der Waals surface area contributed by atoms with Gasteiger partial charge in [-0.15, -0.1) is 0 Å². The normalized spacial score (nSPS) is 16.4. The summed E-state index contributed by atoms with van der Waals surface area (Å²) in [7, 11) is -2.40. The van der Waals surface area contributed by atoms with Crippen LogP contribution in [0.15, 0.2) is 23.1 Å². The summed E-state index contributed by atoms with van der Waals surface area (Å²) in [6.07, 6.45) is 0.0790. The van der Waals surface area contributed by atoms with Crippen LogP contribution < -0.4 is 5.32 Å². The Hall–Kier alpha value is -1.33. The largest absolute Gasteiger partial charge is 0.323 e. The van der Waals surface area contributed by atoms with E-state index in [2.05, 4.69) is 5.32 Å². The smallest absolute Gasteiger partial charge is 0.265 e. The van der Waals surface area contributed by atoms with Crippen LogP contribution in [0.2, 0.25) is 0 Å². The van der Waals surface area contributed by atoms with Crippen LogP contribution in [0.4, 0.5) is 5.69 Å². The van der Waals surface area contributed by atoms with Gasteiger partial charge in [-0.1, -0.05) is 23.2 Å². The summed E-state index contributed by atoms with van der Waals surface area (Å²) in [5.41, 5.74) is 0.578. The Labute approximate surface area is 132 Å². The lowest BCUT2D eigenvalue weighted by atomic mass is 10.1. The minimum absolute atomic E-state index is 0.0381. The molecular formula is C12H11Cl2N3O3S. The SMILES string of the molecule is CN(CCC#N)S(=O)(=O)c1ccc2c(c1)C(Cl)(Cl)C(=O)N2. The molecule has 0 unspecified atom stereocenters. The fraction of sp³-hybridized carbons (Fsp3) is 0.333. The third-order valence-corrected chi connectivity index (χ3v) is 5.71. The molecule has 2 rings (SSSR count). The lowest BCUT2D eigenvalue weighted by molar-refractivity contribution is -0.116. The lowest BCUT2D eigenvalue weighted by Gasteiger charge is -2.17. The molecule has 1 aromatic carbocycles. The Kier molecular flexibility index (Phi) is 4.17. The molecule has 0 fully saturated rings. The van der Waals surface area contributed by atoms with Crippen LogP contribution in [-0.4, -0.2) is 32.2 Å². The predicted octanol–water partition coefficient (Wildman–Crippen LogP) is 1.80. The number of fused-ring (bicyclic) bond motifs is 1. The molecule has 1 amide bonds. The summed E-state index contributed by atoms with van der Waals surface area (Å²) >= 11 is 11.9. The quantitative estimate of drug-likeness (QED) is 0.840. The number of amides is 1. The van der Waals surface area contributed by atoms with Crippen molar-refractivity contribution in [1.29, 1.82) is 5.26 Å².